The maximum Gasteiger partial charge on any atom is 0.270 e. The number of ether oxygens (including phenoxy) is 1. The number of Topliss-reactive ketones (excluding diaryl/α,β-unsaturated/α-hetero) is 1. The number of carbonyl (C=O) groups is 1. The molecule has 0 radical (unpaired) electrons. The van der Waals surface area contributed by atoms with Crippen molar-refractivity contribution in [3.63, 3.8) is 0 Å². The molecular formula is C12H15NO4S2. The fourth-order valence-corrected chi connectivity index (χ4v) is 2.74. The van der Waals surface area contributed by atoms with E-state index in [0.717, 1.165) is 0 Å². The lowest BCUT2D eigenvalue weighted by Gasteiger charge is -2.12. The standard InChI is InChI=1S/C12H15NO4S2/c1-9(2)17-12(18)13-19(15,16)8-11(14)10-6-4-3-5-7-10/h3-7,9H,8H2,1-2H3,(H,13,18). The Morgan fingerprint density at radius 3 is 2.42 bits per heavy atom. The van der Waals surface area contributed by atoms with Gasteiger partial charge in [-0.15, -0.1) is 0 Å². The Balaban J connectivity index is 2.65. The van der Waals surface area contributed by atoms with Gasteiger partial charge in [-0.2, -0.15) is 0 Å². The van der Waals surface area contributed by atoms with Gasteiger partial charge in [-0.25, -0.2) is 13.1 Å². The van der Waals surface area contributed by atoms with Crippen LogP contribution in [0.1, 0.15) is 24.2 Å². The van der Waals surface area contributed by atoms with Gasteiger partial charge in [0.15, 0.2) is 5.78 Å². The lowest BCUT2D eigenvalue weighted by atomic mass is 10.2. The van der Waals surface area contributed by atoms with Crippen molar-refractivity contribution in [2.45, 2.75) is 20.0 Å². The number of hydrogen-bond donors (Lipinski definition) is 1. The van der Waals surface area contributed by atoms with Crippen LogP contribution in [-0.4, -0.2) is 31.2 Å². The zero-order chi connectivity index (χ0) is 14.5. The summed E-state index contributed by atoms with van der Waals surface area (Å²) in [4.78, 5) is 11.8. The fraction of sp³-hybridized carbons (Fsp3) is 0.333. The van der Waals surface area contributed by atoms with Crippen molar-refractivity contribution in [1.29, 1.82) is 0 Å². The molecule has 0 aliphatic rings. The summed E-state index contributed by atoms with van der Waals surface area (Å²) in [5.41, 5.74) is 0.337. The largest absolute Gasteiger partial charge is 0.468 e. The zero-order valence-corrected chi connectivity index (χ0v) is 12.3. The van der Waals surface area contributed by atoms with Gasteiger partial charge in [0.05, 0.1) is 6.10 Å². The van der Waals surface area contributed by atoms with Gasteiger partial charge in [-0.3, -0.25) is 4.79 Å². The molecule has 1 aromatic rings. The number of thiocarbonyl (C=S) groups is 1. The van der Waals surface area contributed by atoms with E-state index in [9.17, 15) is 13.2 Å². The van der Waals surface area contributed by atoms with Crippen LogP contribution in [0.4, 0.5) is 0 Å². The first-order valence-corrected chi connectivity index (χ1v) is 7.65. The molecule has 7 heteroatoms. The minimum absolute atomic E-state index is 0.236. The van der Waals surface area contributed by atoms with Gasteiger partial charge >= 0.3 is 0 Å². The van der Waals surface area contributed by atoms with Crippen LogP contribution < -0.4 is 4.72 Å². The first-order chi connectivity index (χ1) is 8.80. The third kappa shape index (κ3) is 5.80. The van der Waals surface area contributed by atoms with Crippen LogP contribution in [-0.2, 0) is 14.8 Å². The van der Waals surface area contributed by atoms with E-state index in [1.807, 2.05) is 4.72 Å². The highest BCUT2D eigenvalue weighted by Gasteiger charge is 2.19. The average Bonchev–Trinajstić information content (AvgIpc) is 2.27. The predicted octanol–water partition coefficient (Wildman–Crippen LogP) is 1.50. The number of hydrogen-bond acceptors (Lipinski definition) is 5. The molecule has 0 aromatic heterocycles. The van der Waals surface area contributed by atoms with E-state index in [1.165, 1.54) is 0 Å². The number of sulfonamides is 1. The van der Waals surface area contributed by atoms with Crippen molar-refractivity contribution in [2.75, 3.05) is 5.75 Å². The van der Waals surface area contributed by atoms with Crippen LogP contribution in [0, 0.1) is 0 Å². The Hall–Kier alpha value is -1.47. The van der Waals surface area contributed by atoms with Crippen molar-refractivity contribution < 1.29 is 17.9 Å². The molecule has 0 heterocycles. The molecule has 104 valence electrons. The summed E-state index contributed by atoms with van der Waals surface area (Å²) >= 11 is 4.72. The highest BCUT2D eigenvalue weighted by molar-refractivity contribution is 7.92. The summed E-state index contributed by atoms with van der Waals surface area (Å²) in [6.45, 7) is 3.44. The summed E-state index contributed by atoms with van der Waals surface area (Å²) in [7, 11) is -3.84. The normalized spacial score (nSPS) is 11.1. The minimum atomic E-state index is -3.84. The van der Waals surface area contributed by atoms with E-state index in [-0.39, 0.29) is 11.3 Å². The molecule has 1 rings (SSSR count). The second-order valence-electron chi connectivity index (χ2n) is 4.10. The van der Waals surface area contributed by atoms with Crippen LogP contribution in [0.15, 0.2) is 30.3 Å². The van der Waals surface area contributed by atoms with E-state index >= 15 is 0 Å². The van der Waals surface area contributed by atoms with Crippen LogP contribution in [0.2, 0.25) is 0 Å². The van der Waals surface area contributed by atoms with Gasteiger partial charge in [0.1, 0.15) is 5.75 Å². The summed E-state index contributed by atoms with van der Waals surface area (Å²) in [6, 6.07) is 8.19. The first kappa shape index (κ1) is 15.6. The molecule has 0 aliphatic heterocycles. The Morgan fingerprint density at radius 2 is 1.89 bits per heavy atom. The van der Waals surface area contributed by atoms with Crippen molar-refractivity contribution in [3.05, 3.63) is 35.9 Å². The second-order valence-corrected chi connectivity index (χ2v) is 6.20. The third-order valence-corrected chi connectivity index (χ3v) is 3.46. The number of carbonyl (C=O) groups excluding carboxylic acids is 1. The van der Waals surface area contributed by atoms with E-state index in [1.54, 1.807) is 44.2 Å². The van der Waals surface area contributed by atoms with Crippen LogP contribution in [0.3, 0.4) is 0 Å². The molecule has 0 amide bonds. The predicted molar refractivity (Wildman–Crippen MR) is 76.5 cm³/mol. The molecule has 1 aromatic carbocycles. The Labute approximate surface area is 118 Å². The van der Waals surface area contributed by atoms with E-state index < -0.39 is 21.6 Å². The number of rotatable bonds is 5. The molecule has 0 fully saturated rings. The maximum absolute atomic E-state index is 11.8. The van der Waals surface area contributed by atoms with Crippen LogP contribution in [0.5, 0.6) is 0 Å². The SMILES string of the molecule is CC(C)OC(=S)NS(=O)(=O)CC(=O)c1ccccc1. The number of nitrogens with one attached hydrogen (secondary N) is 1. The van der Waals surface area contributed by atoms with Gasteiger partial charge < -0.3 is 4.74 Å². The molecular weight excluding hydrogens is 286 g/mol. The molecule has 0 aliphatic carbocycles. The molecule has 19 heavy (non-hydrogen) atoms. The number of ketones is 1. The molecule has 0 spiro atoms. The van der Waals surface area contributed by atoms with E-state index in [2.05, 4.69) is 0 Å². The zero-order valence-electron chi connectivity index (χ0n) is 10.6. The number of benzene rings is 1. The highest BCUT2D eigenvalue weighted by Crippen LogP contribution is 2.02. The molecule has 0 saturated heterocycles. The first-order valence-electron chi connectivity index (χ1n) is 5.59. The van der Waals surface area contributed by atoms with Gasteiger partial charge in [0.2, 0.25) is 10.0 Å². The molecule has 1 N–H and O–H groups in total. The van der Waals surface area contributed by atoms with Crippen LogP contribution >= 0.6 is 12.2 Å². The summed E-state index contributed by atoms with van der Waals surface area (Å²) in [6.07, 6.45) is -0.236. The van der Waals surface area contributed by atoms with Gasteiger partial charge in [-0.1, -0.05) is 30.3 Å². The molecule has 0 saturated carbocycles. The Bertz CT molecular complexity index is 552. The molecule has 0 unspecified atom stereocenters. The molecule has 5 nitrogen and oxygen atoms in total. The third-order valence-electron chi connectivity index (χ3n) is 2.00. The van der Waals surface area contributed by atoms with E-state index in [4.69, 9.17) is 17.0 Å². The van der Waals surface area contributed by atoms with Crippen molar-refractivity contribution >= 4 is 33.2 Å². The summed E-state index contributed by atoms with van der Waals surface area (Å²) in [5.74, 6) is -1.17. The van der Waals surface area contributed by atoms with Crippen molar-refractivity contribution in [1.82, 2.24) is 4.72 Å². The monoisotopic (exact) mass is 301 g/mol. The van der Waals surface area contributed by atoms with Gasteiger partial charge in [-0.05, 0) is 26.1 Å². The maximum atomic E-state index is 11.8. The summed E-state index contributed by atoms with van der Waals surface area (Å²) in [5, 5.41) is -0.254. The quantitative estimate of drug-likeness (QED) is 0.659. The second kappa shape index (κ2) is 6.63. The fourth-order valence-electron chi connectivity index (χ4n) is 1.28. The Morgan fingerprint density at radius 1 is 1.32 bits per heavy atom. The highest BCUT2D eigenvalue weighted by atomic mass is 32.2. The van der Waals surface area contributed by atoms with Gasteiger partial charge in [0, 0.05) is 5.56 Å². The smallest absolute Gasteiger partial charge is 0.270 e. The topological polar surface area (TPSA) is 72.5 Å². The van der Waals surface area contributed by atoms with Crippen molar-refractivity contribution in [2.24, 2.45) is 0 Å². The minimum Gasteiger partial charge on any atom is -0.468 e. The Kier molecular flexibility index (Phi) is 5.44. The van der Waals surface area contributed by atoms with Crippen LogP contribution in [0.25, 0.3) is 0 Å². The molecule has 0 atom stereocenters. The lowest BCUT2D eigenvalue weighted by Crippen LogP contribution is -2.36. The van der Waals surface area contributed by atoms with Gasteiger partial charge in [0.25, 0.3) is 5.17 Å². The van der Waals surface area contributed by atoms with Crippen molar-refractivity contribution in [3.8, 4) is 0 Å². The average molecular weight is 301 g/mol. The summed E-state index contributed by atoms with van der Waals surface area (Å²) < 4.78 is 30.5. The lowest BCUT2D eigenvalue weighted by molar-refractivity contribution is 0.102. The molecule has 0 bridgehead atoms. The van der Waals surface area contributed by atoms with E-state index in [0.29, 0.717) is 5.56 Å².